The van der Waals surface area contributed by atoms with Gasteiger partial charge in [-0.25, -0.2) is 0 Å². The van der Waals surface area contributed by atoms with E-state index < -0.39 is 12.1 Å². The molecule has 2 rings (SSSR count). The maximum atomic E-state index is 12.6. The summed E-state index contributed by atoms with van der Waals surface area (Å²) in [7, 11) is 0. The lowest BCUT2D eigenvalue weighted by atomic mass is 9.78. The minimum atomic E-state index is -4.14. The Labute approximate surface area is 120 Å². The third-order valence-corrected chi connectivity index (χ3v) is 4.21. The van der Waals surface area contributed by atoms with E-state index in [0.717, 1.165) is 0 Å². The lowest BCUT2D eigenvalue weighted by molar-refractivity contribution is -0.184. The van der Waals surface area contributed by atoms with E-state index in [9.17, 15) is 18.0 Å². The van der Waals surface area contributed by atoms with Crippen LogP contribution < -0.4 is 0 Å². The number of halogens is 4. The molecule has 2 nitrogen and oxygen atoms in total. The molecule has 0 N–H and O–H groups in total. The van der Waals surface area contributed by atoms with Gasteiger partial charge in [-0.15, -0.1) is 0 Å². The Morgan fingerprint density at radius 1 is 1.30 bits per heavy atom. The second-order valence-corrected chi connectivity index (χ2v) is 5.61. The second-order valence-electron chi connectivity index (χ2n) is 5.20. The number of alkyl halides is 3. The zero-order chi connectivity index (χ0) is 14.8. The molecule has 0 atom stereocenters. The average Bonchev–Trinajstić information content (AvgIpc) is 2.40. The predicted molar refractivity (Wildman–Crippen MR) is 69.5 cm³/mol. The molecule has 0 aromatic carbocycles. The third-order valence-electron chi connectivity index (χ3n) is 3.87. The molecule has 0 saturated heterocycles. The maximum Gasteiger partial charge on any atom is 0.391 e. The van der Waals surface area contributed by atoms with Crippen molar-refractivity contribution in [3.8, 4) is 0 Å². The summed E-state index contributed by atoms with van der Waals surface area (Å²) >= 11 is 5.93. The first kappa shape index (κ1) is 15.3. The molecule has 0 bridgehead atoms. The Hall–Kier alpha value is -1.10. The molecule has 1 aromatic rings. The van der Waals surface area contributed by atoms with Gasteiger partial charge in [0.25, 0.3) is 0 Å². The first-order valence-electron chi connectivity index (χ1n) is 6.55. The highest BCUT2D eigenvalue weighted by atomic mass is 35.5. The monoisotopic (exact) mass is 305 g/mol. The van der Waals surface area contributed by atoms with Crippen LogP contribution >= 0.6 is 11.6 Å². The molecule has 1 aliphatic rings. The molecule has 6 heteroatoms. The number of carbonyl (C=O) groups excluding carboxylic acids is 1. The molecular formula is C14H15ClF3NO. The molecule has 0 amide bonds. The van der Waals surface area contributed by atoms with Crippen molar-refractivity contribution in [3.05, 3.63) is 29.0 Å². The van der Waals surface area contributed by atoms with Gasteiger partial charge in [-0.05, 0) is 37.3 Å². The highest BCUT2D eigenvalue weighted by Crippen LogP contribution is 2.40. The zero-order valence-corrected chi connectivity index (χ0v) is 11.5. The third kappa shape index (κ3) is 3.72. The van der Waals surface area contributed by atoms with Crippen LogP contribution in [0, 0.1) is 11.8 Å². The number of rotatable bonds is 3. The molecule has 110 valence electrons. The molecule has 1 saturated carbocycles. The van der Waals surface area contributed by atoms with Gasteiger partial charge in [0.15, 0.2) is 0 Å². The number of pyridine rings is 1. The van der Waals surface area contributed by atoms with Gasteiger partial charge in [0, 0.05) is 24.7 Å². The fourth-order valence-corrected chi connectivity index (χ4v) is 2.81. The maximum absolute atomic E-state index is 12.6. The van der Waals surface area contributed by atoms with E-state index >= 15 is 0 Å². The predicted octanol–water partition coefficient (Wildman–Crippen LogP) is 4.22. The Morgan fingerprint density at radius 3 is 2.50 bits per heavy atom. The van der Waals surface area contributed by atoms with E-state index in [-0.39, 0.29) is 31.0 Å². The quantitative estimate of drug-likeness (QED) is 0.837. The van der Waals surface area contributed by atoms with Crippen LogP contribution in [-0.2, 0) is 11.2 Å². The SMILES string of the molecule is O=C(Cc1ccncc1Cl)C1CCC(C(F)(F)F)CC1. The van der Waals surface area contributed by atoms with Crippen LogP contribution in [0.3, 0.4) is 0 Å². The smallest absolute Gasteiger partial charge is 0.299 e. The normalized spacial score (nSPS) is 23.6. The second kappa shape index (κ2) is 6.12. The summed E-state index contributed by atoms with van der Waals surface area (Å²) in [6.45, 7) is 0. The highest BCUT2D eigenvalue weighted by Gasteiger charge is 2.42. The lowest BCUT2D eigenvalue weighted by Crippen LogP contribution is -2.30. The van der Waals surface area contributed by atoms with Gasteiger partial charge in [0.05, 0.1) is 10.9 Å². The summed E-state index contributed by atoms with van der Waals surface area (Å²) in [5.74, 6) is -1.56. The van der Waals surface area contributed by atoms with Gasteiger partial charge in [-0.3, -0.25) is 9.78 Å². The van der Waals surface area contributed by atoms with Gasteiger partial charge in [0.2, 0.25) is 0 Å². The number of hydrogen-bond acceptors (Lipinski definition) is 2. The number of carbonyl (C=O) groups is 1. The van der Waals surface area contributed by atoms with Crippen molar-refractivity contribution in [2.24, 2.45) is 11.8 Å². The van der Waals surface area contributed by atoms with Crippen LogP contribution in [-0.4, -0.2) is 16.9 Å². The van der Waals surface area contributed by atoms with Gasteiger partial charge < -0.3 is 0 Å². The summed E-state index contributed by atoms with van der Waals surface area (Å²) in [5.41, 5.74) is 0.685. The minimum Gasteiger partial charge on any atom is -0.299 e. The molecule has 0 aliphatic heterocycles. The molecule has 0 unspecified atom stereocenters. The van der Waals surface area contributed by atoms with Crippen LogP contribution in [0.5, 0.6) is 0 Å². The zero-order valence-electron chi connectivity index (χ0n) is 10.8. The molecule has 0 radical (unpaired) electrons. The molecule has 1 heterocycles. The van der Waals surface area contributed by atoms with Crippen LogP contribution in [0.2, 0.25) is 5.02 Å². The van der Waals surface area contributed by atoms with Gasteiger partial charge in [-0.1, -0.05) is 11.6 Å². The van der Waals surface area contributed by atoms with Crippen molar-refractivity contribution in [1.29, 1.82) is 0 Å². The van der Waals surface area contributed by atoms with Crippen LogP contribution in [0.4, 0.5) is 13.2 Å². The number of ketones is 1. The van der Waals surface area contributed by atoms with Crippen molar-refractivity contribution >= 4 is 17.4 Å². The first-order valence-corrected chi connectivity index (χ1v) is 6.93. The van der Waals surface area contributed by atoms with Gasteiger partial charge in [0.1, 0.15) is 5.78 Å². The summed E-state index contributed by atoms with van der Waals surface area (Å²) in [5, 5.41) is 0.421. The molecular weight excluding hydrogens is 291 g/mol. The van der Waals surface area contributed by atoms with Crippen molar-refractivity contribution in [3.63, 3.8) is 0 Å². The minimum absolute atomic E-state index is 0.0290. The van der Waals surface area contributed by atoms with Crippen LogP contribution in [0.15, 0.2) is 18.5 Å². The summed E-state index contributed by atoms with van der Waals surface area (Å²) in [6.07, 6.45) is -0.240. The topological polar surface area (TPSA) is 30.0 Å². The number of Topliss-reactive ketones (excluding diaryl/α,β-unsaturated/α-hetero) is 1. The molecule has 1 fully saturated rings. The van der Waals surface area contributed by atoms with Gasteiger partial charge >= 0.3 is 6.18 Å². The number of nitrogens with zero attached hydrogens (tertiary/aromatic N) is 1. The van der Waals surface area contributed by atoms with E-state index in [4.69, 9.17) is 11.6 Å². The first-order chi connectivity index (χ1) is 9.38. The Morgan fingerprint density at radius 2 is 1.95 bits per heavy atom. The largest absolute Gasteiger partial charge is 0.391 e. The van der Waals surface area contributed by atoms with E-state index in [1.165, 1.54) is 6.20 Å². The molecule has 0 spiro atoms. The van der Waals surface area contributed by atoms with Crippen molar-refractivity contribution in [2.45, 2.75) is 38.3 Å². The van der Waals surface area contributed by atoms with Crippen molar-refractivity contribution < 1.29 is 18.0 Å². The van der Waals surface area contributed by atoms with Crippen LogP contribution in [0.1, 0.15) is 31.2 Å². The Kier molecular flexibility index (Phi) is 4.68. The van der Waals surface area contributed by atoms with Crippen molar-refractivity contribution in [2.75, 3.05) is 0 Å². The Balaban J connectivity index is 1.91. The molecule has 1 aliphatic carbocycles. The van der Waals surface area contributed by atoms with E-state index in [1.807, 2.05) is 0 Å². The van der Waals surface area contributed by atoms with Crippen LogP contribution in [0.25, 0.3) is 0 Å². The fourth-order valence-electron chi connectivity index (χ4n) is 2.62. The van der Waals surface area contributed by atoms with Crippen molar-refractivity contribution in [1.82, 2.24) is 4.98 Å². The number of hydrogen-bond donors (Lipinski definition) is 0. The summed E-state index contributed by atoms with van der Waals surface area (Å²) < 4.78 is 37.7. The lowest BCUT2D eigenvalue weighted by Gasteiger charge is -2.29. The Bertz CT molecular complexity index is 482. The molecule has 1 aromatic heterocycles. The molecule has 20 heavy (non-hydrogen) atoms. The summed E-state index contributed by atoms with van der Waals surface area (Å²) in [4.78, 5) is 15.9. The van der Waals surface area contributed by atoms with E-state index in [1.54, 1.807) is 12.3 Å². The standard InChI is InChI=1S/C14H15ClF3NO/c15-12-8-19-6-5-10(12)7-13(20)9-1-3-11(4-2-9)14(16,17)18/h5-6,8-9,11H,1-4,7H2. The highest BCUT2D eigenvalue weighted by molar-refractivity contribution is 6.31. The summed E-state index contributed by atoms with van der Waals surface area (Å²) in [6, 6.07) is 1.67. The van der Waals surface area contributed by atoms with E-state index in [0.29, 0.717) is 23.4 Å². The van der Waals surface area contributed by atoms with Gasteiger partial charge in [-0.2, -0.15) is 13.2 Å². The average molecular weight is 306 g/mol. The fraction of sp³-hybridized carbons (Fsp3) is 0.571. The number of aromatic nitrogens is 1. The van der Waals surface area contributed by atoms with E-state index in [2.05, 4.69) is 4.98 Å².